The van der Waals surface area contributed by atoms with E-state index in [1.165, 1.54) is 12.8 Å². The van der Waals surface area contributed by atoms with E-state index in [1.807, 2.05) is 12.1 Å². The van der Waals surface area contributed by atoms with Gasteiger partial charge in [0.25, 0.3) is 0 Å². The molecular weight excluding hydrogens is 252 g/mol. The summed E-state index contributed by atoms with van der Waals surface area (Å²) >= 11 is 0. The van der Waals surface area contributed by atoms with Crippen molar-refractivity contribution in [3.63, 3.8) is 0 Å². The lowest BCUT2D eigenvalue weighted by atomic mass is 10.0. The Hall–Kier alpha value is -1.26. The first-order chi connectivity index (χ1) is 9.54. The van der Waals surface area contributed by atoms with Gasteiger partial charge < -0.3 is 19.6 Å². The van der Waals surface area contributed by atoms with E-state index in [0.717, 1.165) is 30.1 Å². The summed E-state index contributed by atoms with van der Waals surface area (Å²) in [4.78, 5) is 4.65. The van der Waals surface area contributed by atoms with E-state index in [1.54, 1.807) is 14.0 Å². The summed E-state index contributed by atoms with van der Waals surface area (Å²) in [7, 11) is 5.88. The Balaban J connectivity index is 2.36. The average molecular weight is 278 g/mol. The summed E-state index contributed by atoms with van der Waals surface area (Å²) in [5.41, 5.74) is 2.02. The van der Waals surface area contributed by atoms with Gasteiger partial charge in [0.2, 0.25) is 0 Å². The van der Waals surface area contributed by atoms with Crippen LogP contribution in [0.25, 0.3) is 0 Å². The Morgan fingerprint density at radius 2 is 2.20 bits per heavy atom. The quantitative estimate of drug-likeness (QED) is 0.896. The zero-order valence-electron chi connectivity index (χ0n) is 13.0. The molecule has 2 atom stereocenters. The van der Waals surface area contributed by atoms with Crippen LogP contribution in [0.1, 0.15) is 31.4 Å². The largest absolute Gasteiger partial charge is 0.496 e. The lowest BCUT2D eigenvalue weighted by Gasteiger charge is -2.32. The van der Waals surface area contributed by atoms with E-state index >= 15 is 0 Å². The zero-order chi connectivity index (χ0) is 14.7. The average Bonchev–Trinajstić information content (AvgIpc) is 2.84. The minimum atomic E-state index is -0.526. The Bertz CT molecular complexity index is 446. The van der Waals surface area contributed by atoms with Crippen LogP contribution >= 0.6 is 0 Å². The molecule has 0 amide bonds. The number of anilines is 1. The third-order valence-electron chi connectivity index (χ3n) is 3.94. The second kappa shape index (κ2) is 6.46. The van der Waals surface area contributed by atoms with Crippen molar-refractivity contribution in [2.45, 2.75) is 31.9 Å². The van der Waals surface area contributed by atoms with E-state index in [0.29, 0.717) is 6.04 Å². The van der Waals surface area contributed by atoms with Gasteiger partial charge in [-0.1, -0.05) is 6.07 Å². The summed E-state index contributed by atoms with van der Waals surface area (Å²) in [6.07, 6.45) is 1.88. The molecule has 112 valence electrons. The molecule has 20 heavy (non-hydrogen) atoms. The molecule has 2 rings (SSSR count). The highest BCUT2D eigenvalue weighted by Gasteiger charge is 2.28. The number of hydrogen-bond donors (Lipinski definition) is 1. The summed E-state index contributed by atoms with van der Waals surface area (Å²) in [5.74, 6) is 0.771. The van der Waals surface area contributed by atoms with E-state index in [-0.39, 0.29) is 0 Å². The maximum Gasteiger partial charge on any atom is 0.126 e. The number of benzene rings is 1. The van der Waals surface area contributed by atoms with Gasteiger partial charge in [0.1, 0.15) is 5.75 Å². The molecule has 0 aliphatic carbocycles. The molecular formula is C16H26N2O2. The number of rotatable bonds is 5. The number of hydrogen-bond acceptors (Lipinski definition) is 4. The summed E-state index contributed by atoms with van der Waals surface area (Å²) in [6.45, 7) is 3.89. The molecule has 1 unspecified atom stereocenters. The molecule has 4 nitrogen and oxygen atoms in total. The topological polar surface area (TPSA) is 35.9 Å². The summed E-state index contributed by atoms with van der Waals surface area (Å²) in [5, 5.41) is 10.1. The molecule has 0 aromatic heterocycles. The molecule has 0 radical (unpaired) electrons. The molecule has 1 heterocycles. The lowest BCUT2D eigenvalue weighted by molar-refractivity contribution is 0.194. The SMILES string of the molecule is COc1cccc(N2CCCC2CN(C)C)c1[C@H](C)O. The van der Waals surface area contributed by atoms with Gasteiger partial charge in [-0.3, -0.25) is 0 Å². The first kappa shape index (κ1) is 15.1. The highest BCUT2D eigenvalue weighted by Crippen LogP contribution is 2.37. The molecule has 0 bridgehead atoms. The molecule has 1 fully saturated rings. The standard InChI is InChI=1S/C16H26N2O2/c1-12(19)16-14(8-5-9-15(16)20-4)18-10-6-7-13(18)11-17(2)3/h5,8-9,12-13,19H,6-7,10-11H2,1-4H3/t12-,13?/m0/s1. The van der Waals surface area contributed by atoms with Crippen LogP contribution in [0.2, 0.25) is 0 Å². The molecule has 1 aliphatic rings. The number of methoxy groups -OCH3 is 1. The van der Waals surface area contributed by atoms with Gasteiger partial charge in [0.15, 0.2) is 0 Å². The van der Waals surface area contributed by atoms with Crippen molar-refractivity contribution in [2.75, 3.05) is 39.2 Å². The predicted molar refractivity (Wildman–Crippen MR) is 82.5 cm³/mol. The van der Waals surface area contributed by atoms with Gasteiger partial charge in [-0.25, -0.2) is 0 Å². The van der Waals surface area contributed by atoms with Crippen LogP contribution in [0.15, 0.2) is 18.2 Å². The Morgan fingerprint density at radius 1 is 1.45 bits per heavy atom. The van der Waals surface area contributed by atoms with E-state index in [4.69, 9.17) is 4.74 Å². The van der Waals surface area contributed by atoms with Crippen molar-refractivity contribution in [2.24, 2.45) is 0 Å². The number of ether oxygens (including phenoxy) is 1. The molecule has 4 heteroatoms. The van der Waals surface area contributed by atoms with Crippen molar-refractivity contribution >= 4 is 5.69 Å². The van der Waals surface area contributed by atoms with Crippen molar-refractivity contribution in [3.8, 4) is 5.75 Å². The zero-order valence-corrected chi connectivity index (χ0v) is 13.0. The van der Waals surface area contributed by atoms with Gasteiger partial charge in [-0.05, 0) is 46.0 Å². The third kappa shape index (κ3) is 3.07. The summed E-state index contributed by atoms with van der Waals surface area (Å²) in [6, 6.07) is 6.53. The smallest absolute Gasteiger partial charge is 0.126 e. The normalized spacial score (nSPS) is 20.5. The fourth-order valence-corrected chi connectivity index (χ4v) is 3.14. The Labute approximate surface area is 122 Å². The maximum absolute atomic E-state index is 10.1. The highest BCUT2D eigenvalue weighted by atomic mass is 16.5. The van der Waals surface area contributed by atoms with Crippen LogP contribution in [0.5, 0.6) is 5.75 Å². The molecule has 1 aromatic rings. The maximum atomic E-state index is 10.1. The second-order valence-corrected chi connectivity index (χ2v) is 5.82. The number of aliphatic hydroxyl groups excluding tert-OH is 1. The fourth-order valence-electron chi connectivity index (χ4n) is 3.14. The molecule has 1 aromatic carbocycles. The number of likely N-dealkylation sites (N-methyl/N-ethyl adjacent to an activating group) is 1. The van der Waals surface area contributed by atoms with Crippen LogP contribution < -0.4 is 9.64 Å². The molecule has 1 N–H and O–H groups in total. The fraction of sp³-hybridized carbons (Fsp3) is 0.625. The third-order valence-corrected chi connectivity index (χ3v) is 3.94. The van der Waals surface area contributed by atoms with Crippen molar-refractivity contribution in [1.82, 2.24) is 4.90 Å². The van der Waals surface area contributed by atoms with Crippen molar-refractivity contribution < 1.29 is 9.84 Å². The van der Waals surface area contributed by atoms with Crippen molar-refractivity contribution in [3.05, 3.63) is 23.8 Å². The minimum absolute atomic E-state index is 0.509. The van der Waals surface area contributed by atoms with Crippen molar-refractivity contribution in [1.29, 1.82) is 0 Å². The van der Waals surface area contributed by atoms with Gasteiger partial charge >= 0.3 is 0 Å². The lowest BCUT2D eigenvalue weighted by Crippen LogP contribution is -2.38. The van der Waals surface area contributed by atoms with Crippen LogP contribution in [0, 0.1) is 0 Å². The van der Waals surface area contributed by atoms with E-state index in [9.17, 15) is 5.11 Å². The first-order valence-electron chi connectivity index (χ1n) is 7.31. The summed E-state index contributed by atoms with van der Waals surface area (Å²) < 4.78 is 5.43. The number of nitrogens with zero attached hydrogens (tertiary/aromatic N) is 2. The molecule has 0 saturated carbocycles. The molecule has 1 aliphatic heterocycles. The van der Waals surface area contributed by atoms with Crippen LogP contribution in [0.4, 0.5) is 5.69 Å². The van der Waals surface area contributed by atoms with Gasteiger partial charge in [-0.15, -0.1) is 0 Å². The van der Waals surface area contributed by atoms with Gasteiger partial charge in [0, 0.05) is 30.4 Å². The van der Waals surface area contributed by atoms with Crippen LogP contribution in [-0.2, 0) is 0 Å². The van der Waals surface area contributed by atoms with Gasteiger partial charge in [0.05, 0.1) is 13.2 Å². The predicted octanol–water partition coefficient (Wildman–Crippen LogP) is 2.28. The Morgan fingerprint density at radius 3 is 2.80 bits per heavy atom. The molecule has 0 spiro atoms. The van der Waals surface area contributed by atoms with E-state index < -0.39 is 6.10 Å². The molecule has 1 saturated heterocycles. The monoisotopic (exact) mass is 278 g/mol. The van der Waals surface area contributed by atoms with Crippen LogP contribution in [-0.4, -0.2) is 50.3 Å². The van der Waals surface area contributed by atoms with E-state index in [2.05, 4.69) is 30.0 Å². The number of aliphatic hydroxyl groups is 1. The van der Waals surface area contributed by atoms with Gasteiger partial charge in [-0.2, -0.15) is 0 Å². The first-order valence-corrected chi connectivity index (χ1v) is 7.31. The minimum Gasteiger partial charge on any atom is -0.496 e. The Kier molecular flexibility index (Phi) is 4.89. The second-order valence-electron chi connectivity index (χ2n) is 5.82. The highest BCUT2D eigenvalue weighted by molar-refractivity contribution is 5.61. The van der Waals surface area contributed by atoms with Crippen LogP contribution in [0.3, 0.4) is 0 Å².